The van der Waals surface area contributed by atoms with Crippen molar-refractivity contribution in [3.8, 4) is 0 Å². The van der Waals surface area contributed by atoms with E-state index in [9.17, 15) is 18.8 Å². The third-order valence-corrected chi connectivity index (χ3v) is 4.09. The van der Waals surface area contributed by atoms with Crippen LogP contribution >= 0.6 is 0 Å². The first-order valence-electron chi connectivity index (χ1n) is 9.39. The smallest absolute Gasteiger partial charge is 0.240 e. The minimum Gasteiger partial charge on any atom is -0.383 e. The average molecular weight is 420 g/mol. The van der Waals surface area contributed by atoms with Crippen LogP contribution in [0.2, 0.25) is 0 Å². The molecule has 0 spiro atoms. The third-order valence-electron chi connectivity index (χ3n) is 4.09. The molecule has 0 saturated carbocycles. The van der Waals surface area contributed by atoms with Gasteiger partial charge in [-0.2, -0.15) is 0 Å². The van der Waals surface area contributed by atoms with E-state index in [0.29, 0.717) is 18.9 Å². The summed E-state index contributed by atoms with van der Waals surface area (Å²) in [5.74, 6) is -0.840. The lowest BCUT2D eigenvalue weighted by atomic mass is 10.2. The van der Waals surface area contributed by atoms with Crippen molar-refractivity contribution in [1.29, 1.82) is 0 Å². The average Bonchev–Trinajstić information content (AvgIpc) is 3.16. The van der Waals surface area contributed by atoms with E-state index in [1.54, 1.807) is 19.1 Å². The molecule has 1 aromatic heterocycles. The number of rotatable bonds is 11. The van der Waals surface area contributed by atoms with Crippen LogP contribution in [0.5, 0.6) is 0 Å². The summed E-state index contributed by atoms with van der Waals surface area (Å²) in [7, 11) is 1.52. The monoisotopic (exact) mass is 420 g/mol. The molecule has 9 nitrogen and oxygen atoms in total. The summed E-state index contributed by atoms with van der Waals surface area (Å²) in [6.45, 7) is 2.28. The van der Waals surface area contributed by atoms with Gasteiger partial charge in [-0.05, 0) is 24.6 Å². The van der Waals surface area contributed by atoms with Crippen molar-refractivity contribution in [3.63, 3.8) is 0 Å². The van der Waals surface area contributed by atoms with Gasteiger partial charge < -0.3 is 19.9 Å². The first kappa shape index (κ1) is 23.0. The van der Waals surface area contributed by atoms with Crippen molar-refractivity contribution in [2.24, 2.45) is 0 Å². The van der Waals surface area contributed by atoms with E-state index < -0.39 is 5.91 Å². The second kappa shape index (κ2) is 11.7. The summed E-state index contributed by atoms with van der Waals surface area (Å²) < 4.78 is 22.8. The predicted octanol–water partition coefficient (Wildman–Crippen LogP) is 1.31. The Kier molecular flexibility index (Phi) is 8.95. The number of benzene rings is 1. The lowest BCUT2D eigenvalue weighted by Gasteiger charge is -2.19. The Balaban J connectivity index is 1.88. The van der Waals surface area contributed by atoms with Crippen LogP contribution in [0.3, 0.4) is 0 Å². The molecule has 2 N–H and O–H groups in total. The molecule has 3 amide bonds. The van der Waals surface area contributed by atoms with Gasteiger partial charge in [-0.25, -0.2) is 4.39 Å². The van der Waals surface area contributed by atoms with Gasteiger partial charge in [0, 0.05) is 39.1 Å². The van der Waals surface area contributed by atoms with Crippen molar-refractivity contribution < 1.29 is 28.0 Å². The molecule has 162 valence electrons. The summed E-state index contributed by atoms with van der Waals surface area (Å²) in [5.41, 5.74) is 0.739. The van der Waals surface area contributed by atoms with Gasteiger partial charge in [-0.15, -0.1) is 0 Å². The lowest BCUT2D eigenvalue weighted by Crippen LogP contribution is -2.42. The van der Waals surface area contributed by atoms with E-state index in [1.807, 2.05) is 0 Å². The maximum absolute atomic E-state index is 12.9. The molecule has 0 aliphatic heterocycles. The highest BCUT2D eigenvalue weighted by atomic mass is 19.1. The third kappa shape index (κ3) is 7.63. The highest BCUT2D eigenvalue weighted by molar-refractivity contribution is 5.99. The predicted molar refractivity (Wildman–Crippen MR) is 106 cm³/mol. The molecular formula is C20H25FN4O5. The molecule has 1 heterocycles. The SMILES string of the molecule is COCCNC(=O)CN(C(=O)CCC(=O)NCc1ccc(F)cc1)c1cc(C)on1. The summed E-state index contributed by atoms with van der Waals surface area (Å²) >= 11 is 0. The number of nitrogens with one attached hydrogen (secondary N) is 2. The van der Waals surface area contributed by atoms with Gasteiger partial charge in [0.05, 0.1) is 6.61 Å². The zero-order chi connectivity index (χ0) is 21.9. The number of anilines is 1. The molecule has 0 aliphatic carbocycles. The first-order valence-corrected chi connectivity index (χ1v) is 9.39. The Hall–Kier alpha value is -3.27. The number of nitrogens with zero attached hydrogens (tertiary/aromatic N) is 2. The first-order chi connectivity index (χ1) is 14.4. The van der Waals surface area contributed by atoms with Gasteiger partial charge in [0.2, 0.25) is 17.7 Å². The minimum absolute atomic E-state index is 0.0708. The zero-order valence-electron chi connectivity index (χ0n) is 16.9. The van der Waals surface area contributed by atoms with Crippen LogP contribution in [0.15, 0.2) is 34.9 Å². The fourth-order valence-electron chi connectivity index (χ4n) is 2.52. The molecule has 0 aliphatic rings. The standard InChI is InChI=1S/C20H25FN4O5/c1-14-11-17(24-30-14)25(13-19(27)22-9-10-29-2)20(28)8-7-18(26)23-12-15-3-5-16(21)6-4-15/h3-6,11H,7-10,12-13H2,1-2H3,(H,22,27)(H,23,26). The van der Waals surface area contributed by atoms with E-state index in [2.05, 4.69) is 15.8 Å². The van der Waals surface area contributed by atoms with E-state index in [-0.39, 0.29) is 49.4 Å². The number of aromatic nitrogens is 1. The van der Waals surface area contributed by atoms with Gasteiger partial charge in [0.15, 0.2) is 5.82 Å². The van der Waals surface area contributed by atoms with Gasteiger partial charge in [0.25, 0.3) is 0 Å². The molecule has 30 heavy (non-hydrogen) atoms. The van der Waals surface area contributed by atoms with Crippen molar-refractivity contribution in [3.05, 3.63) is 47.5 Å². The zero-order valence-corrected chi connectivity index (χ0v) is 16.9. The summed E-state index contributed by atoms with van der Waals surface area (Å²) in [4.78, 5) is 38.0. The van der Waals surface area contributed by atoms with Crippen LogP contribution in [-0.2, 0) is 25.7 Å². The molecule has 0 bridgehead atoms. The fraction of sp³-hybridized carbons (Fsp3) is 0.400. The van der Waals surface area contributed by atoms with Crippen molar-refractivity contribution >= 4 is 23.5 Å². The van der Waals surface area contributed by atoms with Crippen molar-refractivity contribution in [2.75, 3.05) is 31.7 Å². The van der Waals surface area contributed by atoms with Gasteiger partial charge in [0.1, 0.15) is 18.1 Å². The lowest BCUT2D eigenvalue weighted by molar-refractivity contribution is -0.126. The van der Waals surface area contributed by atoms with E-state index in [0.717, 1.165) is 5.56 Å². The van der Waals surface area contributed by atoms with Crippen LogP contribution in [0.1, 0.15) is 24.2 Å². The molecule has 2 rings (SSSR count). The maximum atomic E-state index is 12.9. The molecule has 2 aromatic rings. The number of ether oxygens (including phenoxy) is 1. The van der Waals surface area contributed by atoms with Gasteiger partial charge in [-0.1, -0.05) is 17.3 Å². The van der Waals surface area contributed by atoms with E-state index in [1.165, 1.54) is 30.2 Å². The Labute approximate surface area is 173 Å². The van der Waals surface area contributed by atoms with Crippen LogP contribution in [-0.4, -0.2) is 49.7 Å². The summed E-state index contributed by atoms with van der Waals surface area (Å²) in [5, 5.41) is 9.09. The summed E-state index contributed by atoms with van der Waals surface area (Å²) in [6.07, 6.45) is -0.189. The molecular weight excluding hydrogens is 395 g/mol. The number of carbonyl (C=O) groups excluding carboxylic acids is 3. The quantitative estimate of drug-likeness (QED) is 0.530. The molecule has 1 aromatic carbocycles. The van der Waals surface area contributed by atoms with Crippen molar-refractivity contribution in [1.82, 2.24) is 15.8 Å². The summed E-state index contributed by atoms with van der Waals surface area (Å²) in [6, 6.07) is 7.28. The van der Waals surface area contributed by atoms with Crippen LogP contribution < -0.4 is 15.5 Å². The molecule has 0 saturated heterocycles. The largest absolute Gasteiger partial charge is 0.383 e. The van der Waals surface area contributed by atoms with Crippen LogP contribution in [0.25, 0.3) is 0 Å². The maximum Gasteiger partial charge on any atom is 0.240 e. The number of hydrogen-bond donors (Lipinski definition) is 2. The Morgan fingerprint density at radius 2 is 1.87 bits per heavy atom. The number of carbonyl (C=O) groups is 3. The van der Waals surface area contributed by atoms with E-state index >= 15 is 0 Å². The molecule has 0 fully saturated rings. The Morgan fingerprint density at radius 1 is 1.13 bits per heavy atom. The number of methoxy groups -OCH3 is 1. The number of amides is 3. The number of aryl methyl sites for hydroxylation is 1. The highest BCUT2D eigenvalue weighted by Gasteiger charge is 2.22. The molecule has 0 unspecified atom stereocenters. The van der Waals surface area contributed by atoms with Gasteiger partial charge >= 0.3 is 0 Å². The minimum atomic E-state index is -0.442. The topological polar surface area (TPSA) is 114 Å². The molecule has 0 radical (unpaired) electrons. The molecule has 0 atom stereocenters. The normalized spacial score (nSPS) is 10.5. The van der Waals surface area contributed by atoms with Crippen LogP contribution in [0.4, 0.5) is 10.2 Å². The molecule has 10 heteroatoms. The number of hydrogen-bond acceptors (Lipinski definition) is 6. The van der Waals surface area contributed by atoms with E-state index in [4.69, 9.17) is 9.26 Å². The Bertz CT molecular complexity index is 853. The van der Waals surface area contributed by atoms with Crippen molar-refractivity contribution in [2.45, 2.75) is 26.3 Å². The highest BCUT2D eigenvalue weighted by Crippen LogP contribution is 2.15. The fourth-order valence-corrected chi connectivity index (χ4v) is 2.52. The number of halogens is 1. The van der Waals surface area contributed by atoms with Crippen LogP contribution in [0, 0.1) is 12.7 Å². The second-order valence-electron chi connectivity index (χ2n) is 6.52. The van der Waals surface area contributed by atoms with Gasteiger partial charge in [-0.3, -0.25) is 19.3 Å². The second-order valence-corrected chi connectivity index (χ2v) is 6.52. The Morgan fingerprint density at radius 3 is 2.50 bits per heavy atom.